The minimum atomic E-state index is 0.489. The van der Waals surface area contributed by atoms with Gasteiger partial charge in [-0.2, -0.15) is 0 Å². The highest BCUT2D eigenvalue weighted by molar-refractivity contribution is 5.78. The van der Waals surface area contributed by atoms with Crippen molar-refractivity contribution in [2.24, 2.45) is 5.16 Å². The summed E-state index contributed by atoms with van der Waals surface area (Å²) < 4.78 is 0. The van der Waals surface area contributed by atoms with Gasteiger partial charge in [0.05, 0.1) is 6.21 Å². The summed E-state index contributed by atoms with van der Waals surface area (Å²) in [7, 11) is 0. The van der Waals surface area contributed by atoms with Gasteiger partial charge in [0.2, 0.25) is 0 Å². The quantitative estimate of drug-likeness (QED) is 0.576. The molecule has 0 aliphatic rings. The number of hydrogen-bond acceptors (Lipinski definition) is 3. The maximum absolute atomic E-state index is 5.17. The van der Waals surface area contributed by atoms with E-state index in [4.69, 9.17) is 4.84 Å². The molecule has 0 amide bonds. The molecular formula is C13H12N2O. The van der Waals surface area contributed by atoms with E-state index in [-0.39, 0.29) is 0 Å². The molecule has 0 radical (unpaired) electrons. The Morgan fingerprint density at radius 2 is 1.81 bits per heavy atom. The number of benzene rings is 1. The van der Waals surface area contributed by atoms with Gasteiger partial charge < -0.3 is 4.84 Å². The first-order chi connectivity index (χ1) is 7.95. The first kappa shape index (κ1) is 10.4. The Kier molecular flexibility index (Phi) is 3.66. The summed E-state index contributed by atoms with van der Waals surface area (Å²) in [4.78, 5) is 9.09. The maximum atomic E-state index is 5.17. The molecule has 0 N–H and O–H groups in total. The Morgan fingerprint density at radius 3 is 2.56 bits per heavy atom. The number of aromatic nitrogens is 1. The lowest BCUT2D eigenvalue weighted by molar-refractivity contribution is 0.132. The molecule has 0 saturated carbocycles. The van der Waals surface area contributed by atoms with Gasteiger partial charge in [-0.05, 0) is 23.3 Å². The molecule has 1 heterocycles. The van der Waals surface area contributed by atoms with E-state index in [0.717, 1.165) is 11.1 Å². The van der Waals surface area contributed by atoms with Crippen molar-refractivity contribution in [3.05, 3.63) is 66.0 Å². The van der Waals surface area contributed by atoms with Crippen LogP contribution in [0, 0.1) is 0 Å². The van der Waals surface area contributed by atoms with Gasteiger partial charge >= 0.3 is 0 Å². The summed E-state index contributed by atoms with van der Waals surface area (Å²) in [6.45, 7) is 0.489. The number of pyridine rings is 1. The van der Waals surface area contributed by atoms with Crippen LogP contribution in [0.25, 0.3) is 0 Å². The van der Waals surface area contributed by atoms with E-state index < -0.39 is 0 Å². The fourth-order valence-electron chi connectivity index (χ4n) is 1.23. The predicted octanol–water partition coefficient (Wildman–Crippen LogP) is 2.63. The van der Waals surface area contributed by atoms with Crippen LogP contribution in [0.1, 0.15) is 11.1 Å². The molecule has 0 atom stereocenters. The largest absolute Gasteiger partial charge is 0.391 e. The lowest BCUT2D eigenvalue weighted by Crippen LogP contribution is -1.87. The molecule has 1 aromatic carbocycles. The van der Waals surface area contributed by atoms with Gasteiger partial charge in [0, 0.05) is 12.4 Å². The topological polar surface area (TPSA) is 34.5 Å². The first-order valence-electron chi connectivity index (χ1n) is 5.04. The molecule has 0 fully saturated rings. The Morgan fingerprint density at radius 1 is 1.06 bits per heavy atom. The Hall–Kier alpha value is -2.16. The van der Waals surface area contributed by atoms with Crippen LogP contribution in [0.2, 0.25) is 0 Å². The summed E-state index contributed by atoms with van der Waals surface area (Å²) in [6.07, 6.45) is 5.11. The second-order valence-corrected chi connectivity index (χ2v) is 3.27. The van der Waals surface area contributed by atoms with Crippen LogP contribution < -0.4 is 0 Å². The summed E-state index contributed by atoms with van der Waals surface area (Å²) in [6, 6.07) is 13.7. The van der Waals surface area contributed by atoms with E-state index >= 15 is 0 Å². The first-order valence-corrected chi connectivity index (χ1v) is 5.04. The highest BCUT2D eigenvalue weighted by atomic mass is 16.6. The number of nitrogens with zero attached hydrogens (tertiary/aromatic N) is 2. The molecule has 0 aliphatic carbocycles. The van der Waals surface area contributed by atoms with Crippen molar-refractivity contribution in [1.29, 1.82) is 0 Å². The zero-order valence-corrected chi connectivity index (χ0v) is 8.78. The van der Waals surface area contributed by atoms with Crippen LogP contribution in [-0.4, -0.2) is 11.2 Å². The van der Waals surface area contributed by atoms with E-state index in [1.54, 1.807) is 18.6 Å². The fourth-order valence-corrected chi connectivity index (χ4v) is 1.23. The fraction of sp³-hybridized carbons (Fsp3) is 0.0769. The van der Waals surface area contributed by atoms with Crippen LogP contribution in [0.15, 0.2) is 60.0 Å². The van der Waals surface area contributed by atoms with Crippen molar-refractivity contribution in [1.82, 2.24) is 4.98 Å². The normalized spacial score (nSPS) is 10.5. The van der Waals surface area contributed by atoms with Crippen LogP contribution in [-0.2, 0) is 11.4 Å². The van der Waals surface area contributed by atoms with Crippen LogP contribution in [0.4, 0.5) is 0 Å². The lowest BCUT2D eigenvalue weighted by Gasteiger charge is -1.98. The van der Waals surface area contributed by atoms with Crippen molar-refractivity contribution in [3.8, 4) is 0 Å². The molecule has 0 unspecified atom stereocenters. The third-order valence-electron chi connectivity index (χ3n) is 2.06. The van der Waals surface area contributed by atoms with Crippen molar-refractivity contribution in [3.63, 3.8) is 0 Å². The highest BCUT2D eigenvalue weighted by Gasteiger charge is 1.89. The SMILES string of the molecule is C(=N/OCc1ccccc1)/c1ccncc1. The molecule has 3 heteroatoms. The zero-order valence-electron chi connectivity index (χ0n) is 8.78. The van der Waals surface area contributed by atoms with Gasteiger partial charge in [-0.1, -0.05) is 35.5 Å². The molecule has 0 aliphatic heterocycles. The van der Waals surface area contributed by atoms with E-state index in [0.29, 0.717) is 6.61 Å². The van der Waals surface area contributed by atoms with E-state index in [9.17, 15) is 0 Å². The highest BCUT2D eigenvalue weighted by Crippen LogP contribution is 2.00. The molecule has 1 aromatic heterocycles. The number of hydrogen-bond donors (Lipinski definition) is 0. The van der Waals surface area contributed by atoms with Gasteiger partial charge in [-0.3, -0.25) is 4.98 Å². The molecule has 2 aromatic rings. The van der Waals surface area contributed by atoms with Crippen molar-refractivity contribution in [2.75, 3.05) is 0 Å². The van der Waals surface area contributed by atoms with Gasteiger partial charge in [0.25, 0.3) is 0 Å². The molecule has 16 heavy (non-hydrogen) atoms. The summed E-state index contributed by atoms with van der Waals surface area (Å²) in [5.41, 5.74) is 2.08. The van der Waals surface area contributed by atoms with Gasteiger partial charge in [0.1, 0.15) is 6.61 Å². The predicted molar refractivity (Wildman–Crippen MR) is 63.1 cm³/mol. The summed E-state index contributed by atoms with van der Waals surface area (Å²) in [5, 5.41) is 3.88. The van der Waals surface area contributed by atoms with Gasteiger partial charge in [-0.25, -0.2) is 0 Å². The third-order valence-corrected chi connectivity index (χ3v) is 2.06. The van der Waals surface area contributed by atoms with Crippen molar-refractivity contribution < 1.29 is 4.84 Å². The third kappa shape index (κ3) is 3.20. The smallest absolute Gasteiger partial charge is 0.142 e. The minimum absolute atomic E-state index is 0.489. The monoisotopic (exact) mass is 212 g/mol. The zero-order chi connectivity index (χ0) is 11.1. The van der Waals surface area contributed by atoms with E-state index in [2.05, 4.69) is 10.1 Å². The van der Waals surface area contributed by atoms with E-state index in [1.165, 1.54) is 0 Å². The lowest BCUT2D eigenvalue weighted by atomic mass is 10.2. The molecule has 0 bridgehead atoms. The molecular weight excluding hydrogens is 200 g/mol. The second kappa shape index (κ2) is 5.66. The maximum Gasteiger partial charge on any atom is 0.142 e. The molecule has 0 saturated heterocycles. The van der Waals surface area contributed by atoms with E-state index in [1.807, 2.05) is 42.5 Å². The molecule has 0 spiro atoms. The summed E-state index contributed by atoms with van der Waals surface area (Å²) >= 11 is 0. The number of rotatable bonds is 4. The van der Waals surface area contributed by atoms with Crippen molar-refractivity contribution in [2.45, 2.75) is 6.61 Å². The molecule has 3 nitrogen and oxygen atoms in total. The van der Waals surface area contributed by atoms with Crippen LogP contribution >= 0.6 is 0 Å². The van der Waals surface area contributed by atoms with Crippen molar-refractivity contribution >= 4 is 6.21 Å². The Balaban J connectivity index is 1.83. The molecule has 80 valence electrons. The average molecular weight is 212 g/mol. The Labute approximate surface area is 94.4 Å². The Bertz CT molecular complexity index is 440. The molecule has 2 rings (SSSR count). The standard InChI is InChI=1S/C13H12N2O/c1-2-4-13(5-3-1)11-16-15-10-12-6-8-14-9-7-12/h1-10H,11H2/b15-10-. The van der Waals surface area contributed by atoms with Crippen LogP contribution in [0.5, 0.6) is 0 Å². The van der Waals surface area contributed by atoms with Gasteiger partial charge in [0.15, 0.2) is 0 Å². The van der Waals surface area contributed by atoms with Gasteiger partial charge in [-0.15, -0.1) is 0 Å². The summed E-state index contributed by atoms with van der Waals surface area (Å²) in [5.74, 6) is 0. The minimum Gasteiger partial charge on any atom is -0.391 e. The van der Waals surface area contributed by atoms with Crippen LogP contribution in [0.3, 0.4) is 0 Å². The average Bonchev–Trinajstić information content (AvgIpc) is 2.37. The second-order valence-electron chi connectivity index (χ2n) is 3.27. The number of oxime groups is 1.